The topological polar surface area (TPSA) is 41.6 Å². The quantitative estimate of drug-likeness (QED) is 0.887. The second-order valence-corrected chi connectivity index (χ2v) is 5.46. The van der Waals surface area contributed by atoms with Crippen LogP contribution in [0.25, 0.3) is 0 Å². The molecule has 2 aliphatic heterocycles. The number of anilines is 1. The van der Waals surface area contributed by atoms with Crippen LogP contribution in [0.4, 0.5) is 10.5 Å². The minimum atomic E-state index is -0.200. The van der Waals surface area contributed by atoms with Gasteiger partial charge in [0.25, 0.3) is 0 Å². The number of aryl methyl sites for hydroxylation is 1. The van der Waals surface area contributed by atoms with Crippen molar-refractivity contribution in [3.05, 3.63) is 29.8 Å². The van der Waals surface area contributed by atoms with Gasteiger partial charge in [-0.15, -0.1) is 0 Å². The number of ether oxygens (including phenoxy) is 1. The van der Waals surface area contributed by atoms with Gasteiger partial charge in [0.15, 0.2) is 0 Å². The fraction of sp³-hybridized carbons (Fsp3) is 0.533. The molecule has 0 aromatic heterocycles. The number of nitrogens with one attached hydrogen (secondary N) is 1. The third kappa shape index (κ3) is 2.59. The van der Waals surface area contributed by atoms with Crippen molar-refractivity contribution in [2.45, 2.75) is 25.9 Å². The van der Waals surface area contributed by atoms with E-state index >= 15 is 0 Å². The van der Waals surface area contributed by atoms with Crippen molar-refractivity contribution in [1.82, 2.24) is 5.32 Å². The zero-order valence-corrected chi connectivity index (χ0v) is 11.3. The van der Waals surface area contributed by atoms with Crippen molar-refractivity contribution in [2.24, 2.45) is 5.92 Å². The Labute approximate surface area is 113 Å². The molecule has 2 saturated heterocycles. The monoisotopic (exact) mass is 260 g/mol. The SMILES string of the molecule is Cc1cccc(N2CC(C3CCNCC3)OC2=O)c1. The molecule has 3 rings (SSSR count). The Kier molecular flexibility index (Phi) is 3.42. The lowest BCUT2D eigenvalue weighted by Gasteiger charge is -2.26. The minimum absolute atomic E-state index is 0.0510. The molecular weight excluding hydrogens is 240 g/mol. The molecule has 0 radical (unpaired) electrons. The van der Waals surface area contributed by atoms with E-state index in [1.54, 1.807) is 4.90 Å². The molecule has 4 heteroatoms. The maximum atomic E-state index is 12.0. The number of carbonyl (C=O) groups excluding carboxylic acids is 1. The number of nitrogens with zero attached hydrogens (tertiary/aromatic N) is 1. The van der Waals surface area contributed by atoms with E-state index in [0.717, 1.165) is 37.2 Å². The summed E-state index contributed by atoms with van der Waals surface area (Å²) in [5.74, 6) is 0.500. The first-order valence-electron chi connectivity index (χ1n) is 6.99. The molecule has 0 saturated carbocycles. The van der Waals surface area contributed by atoms with Crippen molar-refractivity contribution >= 4 is 11.8 Å². The number of cyclic esters (lactones) is 1. The van der Waals surface area contributed by atoms with Gasteiger partial charge in [0, 0.05) is 11.6 Å². The molecule has 2 aliphatic rings. The average Bonchev–Trinajstić information content (AvgIpc) is 2.82. The molecule has 1 amide bonds. The van der Waals surface area contributed by atoms with Crippen molar-refractivity contribution in [3.8, 4) is 0 Å². The summed E-state index contributed by atoms with van der Waals surface area (Å²) in [6, 6.07) is 8.02. The molecule has 0 bridgehead atoms. The molecule has 102 valence electrons. The van der Waals surface area contributed by atoms with E-state index < -0.39 is 0 Å². The lowest BCUT2D eigenvalue weighted by molar-refractivity contribution is 0.0919. The highest BCUT2D eigenvalue weighted by molar-refractivity contribution is 5.89. The van der Waals surface area contributed by atoms with E-state index in [4.69, 9.17) is 4.74 Å². The van der Waals surface area contributed by atoms with Gasteiger partial charge >= 0.3 is 6.09 Å². The van der Waals surface area contributed by atoms with E-state index in [1.807, 2.05) is 31.2 Å². The number of benzene rings is 1. The molecule has 19 heavy (non-hydrogen) atoms. The van der Waals surface area contributed by atoms with Crippen LogP contribution in [-0.2, 0) is 4.74 Å². The zero-order valence-electron chi connectivity index (χ0n) is 11.3. The van der Waals surface area contributed by atoms with Gasteiger partial charge in [-0.05, 0) is 50.6 Å². The Bertz CT molecular complexity index is 469. The summed E-state index contributed by atoms with van der Waals surface area (Å²) in [6.45, 7) is 4.79. The zero-order chi connectivity index (χ0) is 13.2. The molecule has 1 atom stereocenters. The summed E-state index contributed by atoms with van der Waals surface area (Å²) in [4.78, 5) is 13.8. The van der Waals surface area contributed by atoms with Gasteiger partial charge in [0.2, 0.25) is 0 Å². The maximum Gasteiger partial charge on any atom is 0.414 e. The van der Waals surface area contributed by atoms with Crippen LogP contribution in [-0.4, -0.2) is 31.8 Å². The largest absolute Gasteiger partial charge is 0.444 e. The van der Waals surface area contributed by atoms with Gasteiger partial charge in [-0.1, -0.05) is 12.1 Å². The van der Waals surface area contributed by atoms with E-state index in [0.29, 0.717) is 12.5 Å². The smallest absolute Gasteiger partial charge is 0.414 e. The summed E-state index contributed by atoms with van der Waals surface area (Å²) in [7, 11) is 0. The van der Waals surface area contributed by atoms with Crippen molar-refractivity contribution in [1.29, 1.82) is 0 Å². The summed E-state index contributed by atoms with van der Waals surface area (Å²) in [5, 5.41) is 3.35. The number of piperidine rings is 1. The normalized spacial score (nSPS) is 24.6. The van der Waals surface area contributed by atoms with Gasteiger partial charge < -0.3 is 10.1 Å². The van der Waals surface area contributed by atoms with Gasteiger partial charge in [-0.25, -0.2) is 4.79 Å². The Balaban J connectivity index is 1.72. The first kappa shape index (κ1) is 12.5. The van der Waals surface area contributed by atoms with Crippen LogP contribution >= 0.6 is 0 Å². The molecular formula is C15H20N2O2. The van der Waals surface area contributed by atoms with Crippen molar-refractivity contribution in [2.75, 3.05) is 24.5 Å². The first-order chi connectivity index (χ1) is 9.24. The Hall–Kier alpha value is -1.55. The van der Waals surface area contributed by atoms with Gasteiger partial charge in [-0.3, -0.25) is 4.90 Å². The van der Waals surface area contributed by atoms with Crippen LogP contribution in [0, 0.1) is 12.8 Å². The molecule has 2 fully saturated rings. The average molecular weight is 260 g/mol. The number of rotatable bonds is 2. The van der Waals surface area contributed by atoms with Crippen LogP contribution in [0.5, 0.6) is 0 Å². The van der Waals surface area contributed by atoms with Crippen LogP contribution in [0.15, 0.2) is 24.3 Å². The molecule has 2 heterocycles. The second-order valence-electron chi connectivity index (χ2n) is 5.46. The van der Waals surface area contributed by atoms with Crippen LogP contribution in [0.1, 0.15) is 18.4 Å². The molecule has 1 aromatic carbocycles. The van der Waals surface area contributed by atoms with E-state index in [1.165, 1.54) is 0 Å². The number of amides is 1. The van der Waals surface area contributed by atoms with Crippen molar-refractivity contribution < 1.29 is 9.53 Å². The van der Waals surface area contributed by atoms with E-state index in [-0.39, 0.29) is 12.2 Å². The number of hydrogen-bond acceptors (Lipinski definition) is 3. The highest BCUT2D eigenvalue weighted by Gasteiger charge is 2.37. The molecule has 1 N–H and O–H groups in total. The minimum Gasteiger partial charge on any atom is -0.444 e. The van der Waals surface area contributed by atoms with E-state index in [2.05, 4.69) is 5.32 Å². The Morgan fingerprint density at radius 3 is 2.84 bits per heavy atom. The van der Waals surface area contributed by atoms with Crippen molar-refractivity contribution in [3.63, 3.8) is 0 Å². The maximum absolute atomic E-state index is 12.0. The third-order valence-electron chi connectivity index (χ3n) is 4.06. The highest BCUT2D eigenvalue weighted by atomic mass is 16.6. The van der Waals surface area contributed by atoms with E-state index in [9.17, 15) is 4.79 Å². The first-order valence-corrected chi connectivity index (χ1v) is 6.99. The second kappa shape index (κ2) is 5.21. The Morgan fingerprint density at radius 1 is 1.32 bits per heavy atom. The fourth-order valence-corrected chi connectivity index (χ4v) is 2.95. The molecule has 0 aliphatic carbocycles. The molecule has 1 aromatic rings. The lowest BCUT2D eigenvalue weighted by atomic mass is 9.92. The van der Waals surface area contributed by atoms with Crippen LogP contribution in [0.2, 0.25) is 0 Å². The standard InChI is InChI=1S/C15H20N2O2/c1-11-3-2-4-13(9-11)17-10-14(19-15(17)18)12-5-7-16-8-6-12/h2-4,9,12,14,16H,5-8,10H2,1H3. The van der Waals surface area contributed by atoms with Gasteiger partial charge in [0.1, 0.15) is 6.10 Å². The predicted molar refractivity (Wildman–Crippen MR) is 74.4 cm³/mol. The third-order valence-corrected chi connectivity index (χ3v) is 4.06. The van der Waals surface area contributed by atoms with Crippen LogP contribution in [0.3, 0.4) is 0 Å². The highest BCUT2D eigenvalue weighted by Crippen LogP contribution is 2.28. The van der Waals surface area contributed by atoms with Crippen LogP contribution < -0.4 is 10.2 Å². The molecule has 1 unspecified atom stereocenters. The van der Waals surface area contributed by atoms with Gasteiger partial charge in [0.05, 0.1) is 6.54 Å². The summed E-state index contributed by atoms with van der Waals surface area (Å²) < 4.78 is 5.57. The number of hydrogen-bond donors (Lipinski definition) is 1. The predicted octanol–water partition coefficient (Wildman–Crippen LogP) is 2.32. The molecule has 4 nitrogen and oxygen atoms in total. The lowest BCUT2D eigenvalue weighted by Crippen LogP contribution is -2.36. The summed E-state index contributed by atoms with van der Waals surface area (Å²) in [5.41, 5.74) is 2.11. The summed E-state index contributed by atoms with van der Waals surface area (Å²) >= 11 is 0. The molecule has 0 spiro atoms. The fourth-order valence-electron chi connectivity index (χ4n) is 2.95. The summed E-state index contributed by atoms with van der Waals surface area (Å²) in [6.07, 6.45) is 2.04. The van der Waals surface area contributed by atoms with Gasteiger partial charge in [-0.2, -0.15) is 0 Å². The number of carbonyl (C=O) groups is 1. The Morgan fingerprint density at radius 2 is 2.11 bits per heavy atom.